The standard InChI is InChI=1S/C22H27FN4O3/c1-17(21(28)24-25-22(29)18-7-9-19(23)10-8-18)27-13-11-26(12-14-27)15-16-30-20-5-3-2-4-6-20/h2-10,17H,11-16H2,1H3,(H,24,28)(H,25,29)/p+2/t17-/m0/s1. The number of hydrogen-bond donors (Lipinski definition) is 4. The number of para-hydroxylation sites is 1. The summed E-state index contributed by atoms with van der Waals surface area (Å²) < 4.78 is 18.7. The first-order valence-corrected chi connectivity index (χ1v) is 10.2. The van der Waals surface area contributed by atoms with Crippen molar-refractivity contribution in [1.29, 1.82) is 0 Å². The molecule has 3 rings (SSSR count). The predicted molar refractivity (Wildman–Crippen MR) is 110 cm³/mol. The van der Waals surface area contributed by atoms with E-state index in [2.05, 4.69) is 10.9 Å². The molecule has 8 heteroatoms. The molecule has 160 valence electrons. The number of rotatable bonds is 7. The van der Waals surface area contributed by atoms with Crippen LogP contribution in [-0.2, 0) is 4.79 Å². The molecule has 0 radical (unpaired) electrons. The molecule has 1 aliphatic heterocycles. The van der Waals surface area contributed by atoms with Crippen LogP contribution in [0.5, 0.6) is 5.75 Å². The Labute approximate surface area is 175 Å². The molecule has 2 aromatic carbocycles. The highest BCUT2D eigenvalue weighted by Gasteiger charge is 2.31. The molecule has 0 aromatic heterocycles. The topological polar surface area (TPSA) is 76.3 Å². The zero-order valence-corrected chi connectivity index (χ0v) is 17.1. The molecule has 1 heterocycles. The van der Waals surface area contributed by atoms with Gasteiger partial charge in [0.25, 0.3) is 11.8 Å². The molecule has 0 unspecified atom stereocenters. The van der Waals surface area contributed by atoms with Crippen molar-refractivity contribution in [3.8, 4) is 5.75 Å². The van der Waals surface area contributed by atoms with E-state index in [9.17, 15) is 14.0 Å². The fourth-order valence-electron chi connectivity index (χ4n) is 3.52. The summed E-state index contributed by atoms with van der Waals surface area (Å²) in [6.45, 7) is 7.14. The second kappa shape index (κ2) is 10.7. The SMILES string of the molecule is C[C@@H](C(=O)NNC(=O)c1ccc(F)cc1)[NH+]1CC[NH+](CCOc2ccccc2)CC1. The fourth-order valence-corrected chi connectivity index (χ4v) is 3.52. The van der Waals surface area contributed by atoms with Gasteiger partial charge in [-0.3, -0.25) is 20.4 Å². The third-order valence-corrected chi connectivity index (χ3v) is 5.48. The van der Waals surface area contributed by atoms with E-state index in [1.165, 1.54) is 34.1 Å². The van der Waals surface area contributed by atoms with Crippen LogP contribution in [0, 0.1) is 5.82 Å². The molecule has 0 spiro atoms. The molecule has 2 aromatic rings. The van der Waals surface area contributed by atoms with Gasteiger partial charge in [0.15, 0.2) is 6.04 Å². The number of quaternary nitrogens is 2. The number of halogens is 1. The fraction of sp³-hybridized carbons (Fsp3) is 0.364. The van der Waals surface area contributed by atoms with E-state index in [0.29, 0.717) is 6.61 Å². The minimum atomic E-state index is -0.474. The first kappa shape index (κ1) is 21.7. The third kappa shape index (κ3) is 6.27. The average Bonchev–Trinajstić information content (AvgIpc) is 2.78. The molecule has 7 nitrogen and oxygen atoms in total. The van der Waals surface area contributed by atoms with Crippen molar-refractivity contribution in [2.24, 2.45) is 0 Å². The van der Waals surface area contributed by atoms with Crippen molar-refractivity contribution in [3.63, 3.8) is 0 Å². The summed E-state index contributed by atoms with van der Waals surface area (Å²) in [6.07, 6.45) is 0. The van der Waals surface area contributed by atoms with Gasteiger partial charge in [0.05, 0.1) is 0 Å². The molecule has 30 heavy (non-hydrogen) atoms. The third-order valence-electron chi connectivity index (χ3n) is 5.48. The minimum absolute atomic E-state index is 0.240. The maximum Gasteiger partial charge on any atom is 0.296 e. The van der Waals surface area contributed by atoms with E-state index < -0.39 is 11.7 Å². The van der Waals surface area contributed by atoms with Crippen LogP contribution in [0.1, 0.15) is 17.3 Å². The molecule has 0 bridgehead atoms. The summed E-state index contributed by atoms with van der Waals surface area (Å²) in [5, 5.41) is 0. The molecule has 1 fully saturated rings. The van der Waals surface area contributed by atoms with Crippen molar-refractivity contribution in [2.45, 2.75) is 13.0 Å². The smallest absolute Gasteiger partial charge is 0.296 e. The molecule has 1 aliphatic rings. The number of nitrogens with one attached hydrogen (secondary N) is 4. The lowest BCUT2D eigenvalue weighted by molar-refractivity contribution is -1.02. The Bertz CT molecular complexity index is 824. The van der Waals surface area contributed by atoms with Gasteiger partial charge < -0.3 is 14.5 Å². The van der Waals surface area contributed by atoms with Crippen molar-refractivity contribution in [2.75, 3.05) is 39.3 Å². The van der Waals surface area contributed by atoms with Gasteiger partial charge in [-0.15, -0.1) is 0 Å². The number of ether oxygens (including phenoxy) is 1. The van der Waals surface area contributed by atoms with Crippen LogP contribution < -0.4 is 25.4 Å². The van der Waals surface area contributed by atoms with Crippen LogP contribution >= 0.6 is 0 Å². The molecular formula is C22H29FN4O3+2. The lowest BCUT2D eigenvalue weighted by Crippen LogP contribution is -3.30. The first-order valence-electron chi connectivity index (χ1n) is 10.2. The van der Waals surface area contributed by atoms with Gasteiger partial charge in [0, 0.05) is 5.56 Å². The minimum Gasteiger partial charge on any atom is -0.488 e. The normalized spacial score (nSPS) is 19.5. The molecule has 2 amide bonds. The van der Waals surface area contributed by atoms with Crippen molar-refractivity contribution < 1.29 is 28.5 Å². The van der Waals surface area contributed by atoms with Crippen LogP contribution in [0.25, 0.3) is 0 Å². The summed E-state index contributed by atoms with van der Waals surface area (Å²) in [7, 11) is 0. The quantitative estimate of drug-likeness (QED) is 0.430. The highest BCUT2D eigenvalue weighted by molar-refractivity contribution is 5.95. The number of carbonyl (C=O) groups excluding carboxylic acids is 2. The van der Waals surface area contributed by atoms with Gasteiger partial charge in [-0.25, -0.2) is 4.39 Å². The molecule has 4 N–H and O–H groups in total. The van der Waals surface area contributed by atoms with Crippen LogP contribution in [0.4, 0.5) is 4.39 Å². The Morgan fingerprint density at radius 1 is 1.00 bits per heavy atom. The van der Waals surface area contributed by atoms with E-state index in [4.69, 9.17) is 4.74 Å². The number of hydrazine groups is 1. The largest absolute Gasteiger partial charge is 0.488 e. The molecule has 0 saturated carbocycles. The van der Waals surface area contributed by atoms with E-state index >= 15 is 0 Å². The van der Waals surface area contributed by atoms with Crippen LogP contribution in [0.3, 0.4) is 0 Å². The predicted octanol–water partition coefficient (Wildman–Crippen LogP) is -1.16. The molecule has 1 atom stereocenters. The number of amides is 2. The van der Waals surface area contributed by atoms with Crippen LogP contribution in [0.15, 0.2) is 54.6 Å². The van der Waals surface area contributed by atoms with Gasteiger partial charge in [-0.05, 0) is 43.3 Å². The zero-order chi connectivity index (χ0) is 21.3. The highest BCUT2D eigenvalue weighted by Crippen LogP contribution is 2.07. The first-order chi connectivity index (χ1) is 14.5. The Hall–Kier alpha value is -2.97. The molecule has 1 saturated heterocycles. The Balaban J connectivity index is 1.35. The number of carbonyl (C=O) groups is 2. The van der Waals surface area contributed by atoms with Crippen LogP contribution in [-0.4, -0.2) is 57.2 Å². The summed E-state index contributed by atoms with van der Waals surface area (Å²) in [6, 6.07) is 14.7. The van der Waals surface area contributed by atoms with Crippen molar-refractivity contribution in [1.82, 2.24) is 10.9 Å². The number of piperazine rings is 1. The maximum absolute atomic E-state index is 12.9. The molecular weight excluding hydrogens is 387 g/mol. The monoisotopic (exact) mass is 416 g/mol. The van der Waals surface area contributed by atoms with Crippen LogP contribution in [0.2, 0.25) is 0 Å². The lowest BCUT2D eigenvalue weighted by atomic mass is 10.2. The highest BCUT2D eigenvalue weighted by atomic mass is 19.1. The van der Waals surface area contributed by atoms with E-state index in [1.54, 1.807) is 0 Å². The Morgan fingerprint density at radius 3 is 2.33 bits per heavy atom. The van der Waals surface area contributed by atoms with E-state index in [-0.39, 0.29) is 17.5 Å². The summed E-state index contributed by atoms with van der Waals surface area (Å²) in [4.78, 5) is 27.1. The van der Waals surface area contributed by atoms with Gasteiger partial charge >= 0.3 is 0 Å². The van der Waals surface area contributed by atoms with Gasteiger partial charge in [-0.2, -0.15) is 0 Å². The van der Waals surface area contributed by atoms with Gasteiger partial charge in [0.2, 0.25) is 0 Å². The van der Waals surface area contributed by atoms with E-state index in [1.807, 2.05) is 37.3 Å². The van der Waals surface area contributed by atoms with Gasteiger partial charge in [-0.1, -0.05) is 18.2 Å². The number of benzene rings is 2. The zero-order valence-electron chi connectivity index (χ0n) is 17.1. The second-order valence-electron chi connectivity index (χ2n) is 7.49. The van der Waals surface area contributed by atoms with E-state index in [0.717, 1.165) is 38.5 Å². The second-order valence-corrected chi connectivity index (χ2v) is 7.49. The lowest BCUT2D eigenvalue weighted by Gasteiger charge is -2.32. The summed E-state index contributed by atoms with van der Waals surface area (Å²) in [5.74, 6) is -0.246. The average molecular weight is 416 g/mol. The van der Waals surface area contributed by atoms with Crippen molar-refractivity contribution >= 4 is 11.8 Å². The maximum atomic E-state index is 12.9. The number of hydrogen-bond acceptors (Lipinski definition) is 3. The summed E-state index contributed by atoms with van der Waals surface area (Å²) >= 11 is 0. The Kier molecular flexibility index (Phi) is 7.75. The summed E-state index contributed by atoms with van der Waals surface area (Å²) in [5.41, 5.74) is 5.15. The Morgan fingerprint density at radius 2 is 1.67 bits per heavy atom. The van der Waals surface area contributed by atoms with Crippen molar-refractivity contribution in [3.05, 3.63) is 66.0 Å². The van der Waals surface area contributed by atoms with Gasteiger partial charge in [0.1, 0.15) is 50.9 Å². The molecule has 0 aliphatic carbocycles.